The lowest BCUT2D eigenvalue weighted by atomic mass is 10.3. The number of nitrogens with zero attached hydrogens (tertiary/aromatic N) is 2. The maximum atomic E-state index is 10.6. The molecule has 0 saturated heterocycles. The van der Waals surface area contributed by atoms with E-state index in [9.17, 15) is 10.1 Å². The summed E-state index contributed by atoms with van der Waals surface area (Å²) in [6.07, 6.45) is 0. The molecular formula is C14H12N4O2S. The van der Waals surface area contributed by atoms with E-state index in [0.29, 0.717) is 11.4 Å². The topological polar surface area (TPSA) is 75.9 Å². The Labute approximate surface area is 125 Å². The van der Waals surface area contributed by atoms with Crippen LogP contribution in [0.1, 0.15) is 0 Å². The number of imidazole rings is 1. The monoisotopic (exact) mass is 300 g/mol. The van der Waals surface area contributed by atoms with Crippen LogP contribution < -0.4 is 5.32 Å². The highest BCUT2D eigenvalue weighted by Crippen LogP contribution is 2.17. The van der Waals surface area contributed by atoms with Gasteiger partial charge in [0.15, 0.2) is 4.77 Å². The summed E-state index contributed by atoms with van der Waals surface area (Å²) in [5.41, 5.74) is 2.86. The van der Waals surface area contributed by atoms with Crippen molar-refractivity contribution >= 4 is 34.6 Å². The van der Waals surface area contributed by atoms with Crippen LogP contribution in [-0.4, -0.2) is 14.5 Å². The van der Waals surface area contributed by atoms with E-state index in [1.165, 1.54) is 12.1 Å². The molecule has 0 unspecified atom stereocenters. The Balaban J connectivity index is 1.82. The molecule has 3 aromatic rings. The molecule has 2 N–H and O–H groups in total. The van der Waals surface area contributed by atoms with Crippen LogP contribution in [0, 0.1) is 14.9 Å². The van der Waals surface area contributed by atoms with E-state index < -0.39 is 4.92 Å². The van der Waals surface area contributed by atoms with Gasteiger partial charge < -0.3 is 10.3 Å². The number of nitrogens with one attached hydrogen (secondary N) is 2. The minimum atomic E-state index is -0.417. The zero-order valence-corrected chi connectivity index (χ0v) is 11.8. The fourth-order valence-electron chi connectivity index (χ4n) is 2.14. The molecule has 3 rings (SSSR count). The van der Waals surface area contributed by atoms with Crippen LogP contribution in [0.5, 0.6) is 0 Å². The summed E-state index contributed by atoms with van der Waals surface area (Å²) in [4.78, 5) is 13.3. The van der Waals surface area contributed by atoms with Gasteiger partial charge in [-0.25, -0.2) is 0 Å². The van der Waals surface area contributed by atoms with Gasteiger partial charge in [0, 0.05) is 17.8 Å². The summed E-state index contributed by atoms with van der Waals surface area (Å²) < 4.78 is 2.57. The average molecular weight is 300 g/mol. The number of anilines is 1. The molecule has 1 heterocycles. The van der Waals surface area contributed by atoms with Crippen molar-refractivity contribution in [3.63, 3.8) is 0 Å². The second-order valence-corrected chi connectivity index (χ2v) is 4.90. The first kappa shape index (κ1) is 13.3. The lowest BCUT2D eigenvalue weighted by molar-refractivity contribution is -0.384. The molecule has 0 aliphatic carbocycles. The van der Waals surface area contributed by atoms with Gasteiger partial charge in [-0.05, 0) is 36.5 Å². The Kier molecular flexibility index (Phi) is 3.41. The summed E-state index contributed by atoms with van der Waals surface area (Å²) in [6.45, 7) is 0.487. The standard InChI is InChI=1S/C14H12N4O2S/c19-18(20)11-7-5-10(6-8-11)15-9-17-13-4-2-1-3-12(13)16-14(17)21/h1-8,15H,9H2,(H,16,21). The van der Waals surface area contributed by atoms with Gasteiger partial charge >= 0.3 is 0 Å². The maximum Gasteiger partial charge on any atom is 0.269 e. The first-order chi connectivity index (χ1) is 10.1. The lowest BCUT2D eigenvalue weighted by Gasteiger charge is -2.08. The van der Waals surface area contributed by atoms with Crippen molar-refractivity contribution in [1.82, 2.24) is 9.55 Å². The molecule has 2 aromatic carbocycles. The second-order valence-electron chi connectivity index (χ2n) is 4.51. The van der Waals surface area contributed by atoms with Crippen molar-refractivity contribution in [2.24, 2.45) is 0 Å². The Hall–Kier alpha value is -2.67. The summed E-state index contributed by atoms with van der Waals surface area (Å²) in [5, 5.41) is 13.8. The van der Waals surface area contributed by atoms with E-state index in [4.69, 9.17) is 12.2 Å². The Morgan fingerprint density at radius 3 is 2.62 bits per heavy atom. The molecule has 0 fully saturated rings. The number of aromatic nitrogens is 2. The van der Waals surface area contributed by atoms with Gasteiger partial charge in [0.05, 0.1) is 22.6 Å². The number of rotatable bonds is 4. The second kappa shape index (κ2) is 5.37. The van der Waals surface area contributed by atoms with E-state index in [0.717, 1.165) is 16.7 Å². The van der Waals surface area contributed by atoms with Gasteiger partial charge in [0.2, 0.25) is 0 Å². The molecule has 0 bridgehead atoms. The SMILES string of the molecule is O=[N+]([O-])c1ccc(NCn2c(=S)[nH]c3ccccc32)cc1. The molecule has 7 heteroatoms. The van der Waals surface area contributed by atoms with Crippen molar-refractivity contribution in [3.8, 4) is 0 Å². The number of hydrogen-bond acceptors (Lipinski definition) is 4. The number of para-hydroxylation sites is 2. The molecule has 0 spiro atoms. The molecule has 0 saturated carbocycles. The molecule has 106 valence electrons. The van der Waals surface area contributed by atoms with Gasteiger partial charge in [0.1, 0.15) is 0 Å². The number of hydrogen-bond donors (Lipinski definition) is 2. The van der Waals surface area contributed by atoms with Gasteiger partial charge in [0.25, 0.3) is 5.69 Å². The normalized spacial score (nSPS) is 10.7. The molecule has 0 aliphatic heterocycles. The first-order valence-corrected chi connectivity index (χ1v) is 6.72. The number of nitro groups is 1. The quantitative estimate of drug-likeness (QED) is 0.438. The Morgan fingerprint density at radius 1 is 1.19 bits per heavy atom. The third-order valence-corrected chi connectivity index (χ3v) is 3.52. The van der Waals surface area contributed by atoms with Crippen LogP contribution in [0.25, 0.3) is 11.0 Å². The number of non-ortho nitro benzene ring substituents is 1. The largest absolute Gasteiger partial charge is 0.367 e. The van der Waals surface area contributed by atoms with Crippen LogP contribution in [0.3, 0.4) is 0 Å². The van der Waals surface area contributed by atoms with Crippen molar-refractivity contribution in [2.75, 3.05) is 5.32 Å². The third kappa shape index (κ3) is 2.63. The Bertz CT molecular complexity index is 851. The smallest absolute Gasteiger partial charge is 0.269 e. The van der Waals surface area contributed by atoms with Crippen LogP contribution in [0.4, 0.5) is 11.4 Å². The van der Waals surface area contributed by atoms with Gasteiger partial charge in [-0.1, -0.05) is 12.1 Å². The average Bonchev–Trinajstić information content (AvgIpc) is 2.81. The van der Waals surface area contributed by atoms with Gasteiger partial charge in [-0.3, -0.25) is 14.7 Å². The zero-order chi connectivity index (χ0) is 14.8. The highest BCUT2D eigenvalue weighted by Gasteiger charge is 2.05. The van der Waals surface area contributed by atoms with E-state index in [-0.39, 0.29) is 5.69 Å². The molecule has 21 heavy (non-hydrogen) atoms. The molecule has 0 atom stereocenters. The highest BCUT2D eigenvalue weighted by molar-refractivity contribution is 7.71. The number of benzene rings is 2. The minimum absolute atomic E-state index is 0.0734. The molecular weight excluding hydrogens is 288 g/mol. The van der Waals surface area contributed by atoms with Crippen LogP contribution >= 0.6 is 12.2 Å². The molecule has 0 amide bonds. The lowest BCUT2D eigenvalue weighted by Crippen LogP contribution is -2.07. The number of aromatic amines is 1. The maximum absolute atomic E-state index is 10.6. The van der Waals surface area contributed by atoms with E-state index in [1.54, 1.807) is 12.1 Å². The first-order valence-electron chi connectivity index (χ1n) is 6.31. The van der Waals surface area contributed by atoms with Crippen molar-refractivity contribution in [3.05, 3.63) is 63.4 Å². The molecule has 0 aliphatic rings. The highest BCUT2D eigenvalue weighted by atomic mass is 32.1. The van der Waals surface area contributed by atoms with Gasteiger partial charge in [-0.15, -0.1) is 0 Å². The predicted octanol–water partition coefficient (Wildman–Crippen LogP) is 3.68. The molecule has 1 aromatic heterocycles. The number of fused-ring (bicyclic) bond motifs is 1. The van der Waals surface area contributed by atoms with Crippen molar-refractivity contribution in [1.29, 1.82) is 0 Å². The van der Waals surface area contributed by atoms with Crippen LogP contribution in [0.2, 0.25) is 0 Å². The summed E-state index contributed by atoms with van der Waals surface area (Å²) >= 11 is 5.30. The predicted molar refractivity (Wildman–Crippen MR) is 83.8 cm³/mol. The molecule has 0 radical (unpaired) electrons. The van der Waals surface area contributed by atoms with Crippen LogP contribution in [-0.2, 0) is 6.67 Å². The van der Waals surface area contributed by atoms with Gasteiger partial charge in [-0.2, -0.15) is 0 Å². The number of nitro benzene ring substituents is 1. The third-order valence-electron chi connectivity index (χ3n) is 3.20. The summed E-state index contributed by atoms with van der Waals surface area (Å²) in [7, 11) is 0. The van der Waals surface area contributed by atoms with Crippen LogP contribution in [0.15, 0.2) is 48.5 Å². The van der Waals surface area contributed by atoms with Crippen molar-refractivity contribution < 1.29 is 4.92 Å². The fourth-order valence-corrected chi connectivity index (χ4v) is 2.41. The minimum Gasteiger partial charge on any atom is -0.367 e. The van der Waals surface area contributed by atoms with E-state index >= 15 is 0 Å². The summed E-state index contributed by atoms with van der Waals surface area (Å²) in [5.74, 6) is 0. The fraction of sp³-hybridized carbons (Fsp3) is 0.0714. The van der Waals surface area contributed by atoms with Crippen molar-refractivity contribution in [2.45, 2.75) is 6.67 Å². The van der Waals surface area contributed by atoms with E-state index in [1.807, 2.05) is 28.8 Å². The Morgan fingerprint density at radius 2 is 1.90 bits per heavy atom. The molecule has 6 nitrogen and oxygen atoms in total. The summed E-state index contributed by atoms with van der Waals surface area (Å²) in [6, 6.07) is 14.1. The zero-order valence-electron chi connectivity index (χ0n) is 10.9. The number of H-pyrrole nitrogens is 1. The van der Waals surface area contributed by atoms with E-state index in [2.05, 4.69) is 10.3 Å².